The first-order chi connectivity index (χ1) is 13.4. The summed E-state index contributed by atoms with van der Waals surface area (Å²) in [5.41, 5.74) is 5.78. The Morgan fingerprint density at radius 2 is 1.68 bits per heavy atom. The second-order valence-corrected chi connectivity index (χ2v) is 6.44. The van der Waals surface area contributed by atoms with Crippen molar-refractivity contribution in [2.45, 2.75) is 12.5 Å². The smallest absolute Gasteiger partial charge is 0.265 e. The van der Waals surface area contributed by atoms with Crippen molar-refractivity contribution in [2.75, 3.05) is 19.1 Å². The third kappa shape index (κ3) is 4.08. The largest absolute Gasteiger partial charge is 0.497 e. The summed E-state index contributed by atoms with van der Waals surface area (Å²) in [4.78, 5) is 38.3. The number of halogens is 1. The van der Waals surface area contributed by atoms with E-state index in [1.54, 1.807) is 30.3 Å². The lowest BCUT2D eigenvalue weighted by Gasteiger charge is -2.16. The molecule has 1 aliphatic rings. The zero-order valence-corrected chi connectivity index (χ0v) is 15.9. The van der Waals surface area contributed by atoms with Crippen LogP contribution >= 0.6 is 11.6 Å². The Balaban J connectivity index is 1.68. The van der Waals surface area contributed by atoms with E-state index in [4.69, 9.17) is 21.1 Å². The molecule has 1 fully saturated rings. The van der Waals surface area contributed by atoms with Crippen molar-refractivity contribution in [1.82, 2.24) is 10.9 Å². The van der Waals surface area contributed by atoms with Gasteiger partial charge in [0.1, 0.15) is 17.5 Å². The Morgan fingerprint density at radius 1 is 1.07 bits per heavy atom. The van der Waals surface area contributed by atoms with Crippen molar-refractivity contribution in [3.63, 3.8) is 0 Å². The molecule has 0 bridgehead atoms. The van der Waals surface area contributed by atoms with Gasteiger partial charge in [-0.3, -0.25) is 19.8 Å². The molecule has 3 rings (SSSR count). The molecule has 8 nitrogen and oxygen atoms in total. The quantitative estimate of drug-likeness (QED) is 0.565. The number of nitrogens with one attached hydrogen (secondary N) is 2. The van der Waals surface area contributed by atoms with Gasteiger partial charge in [0.2, 0.25) is 5.91 Å². The molecule has 0 spiro atoms. The number of carbonyl (C=O) groups excluding carboxylic acids is 3. The number of methoxy groups -OCH3 is 2. The molecule has 2 N–H and O–H groups in total. The van der Waals surface area contributed by atoms with Gasteiger partial charge in [-0.25, -0.2) is 10.3 Å². The van der Waals surface area contributed by atoms with Gasteiger partial charge in [-0.15, -0.1) is 0 Å². The van der Waals surface area contributed by atoms with Crippen molar-refractivity contribution in [1.29, 1.82) is 0 Å². The monoisotopic (exact) mass is 403 g/mol. The van der Waals surface area contributed by atoms with Crippen LogP contribution in [0.3, 0.4) is 0 Å². The molecule has 28 heavy (non-hydrogen) atoms. The number of hydrogen-bond acceptors (Lipinski definition) is 6. The van der Waals surface area contributed by atoms with Gasteiger partial charge in [-0.1, -0.05) is 11.6 Å². The molecule has 2 aromatic rings. The Kier molecular flexibility index (Phi) is 5.81. The molecule has 0 aromatic heterocycles. The topological polar surface area (TPSA) is 97.0 Å². The number of hydrazine groups is 1. The number of imide groups is 1. The zero-order chi connectivity index (χ0) is 20.3. The first-order valence-corrected chi connectivity index (χ1v) is 8.72. The summed E-state index contributed by atoms with van der Waals surface area (Å²) in [6.45, 7) is 0. The number of ether oxygens (including phenoxy) is 2. The molecule has 2 aromatic carbocycles. The predicted octanol–water partition coefficient (Wildman–Crippen LogP) is 1.92. The molecular formula is C19H18ClN3O5. The molecule has 1 unspecified atom stereocenters. The minimum atomic E-state index is -0.875. The van der Waals surface area contributed by atoms with Gasteiger partial charge < -0.3 is 9.47 Å². The molecule has 1 atom stereocenters. The van der Waals surface area contributed by atoms with Crippen LogP contribution in [-0.2, 0) is 9.59 Å². The fourth-order valence-electron chi connectivity index (χ4n) is 2.77. The van der Waals surface area contributed by atoms with Crippen molar-refractivity contribution >= 4 is 35.0 Å². The summed E-state index contributed by atoms with van der Waals surface area (Å²) in [5.74, 6) is -0.434. The number of carbonyl (C=O) groups is 3. The second-order valence-electron chi connectivity index (χ2n) is 6.00. The molecule has 9 heteroatoms. The molecule has 0 radical (unpaired) electrons. The Bertz CT molecular complexity index is 894. The number of rotatable bonds is 6. The van der Waals surface area contributed by atoms with Crippen LogP contribution in [0.5, 0.6) is 11.5 Å². The maximum Gasteiger partial charge on any atom is 0.265 e. The predicted molar refractivity (Wildman–Crippen MR) is 102 cm³/mol. The average molecular weight is 404 g/mol. The van der Waals surface area contributed by atoms with Crippen LogP contribution in [0.2, 0.25) is 5.02 Å². The van der Waals surface area contributed by atoms with Crippen LogP contribution in [-0.4, -0.2) is 38.0 Å². The van der Waals surface area contributed by atoms with E-state index in [1.807, 2.05) is 0 Å². The standard InChI is InChI=1S/C19H18ClN3O5/c1-27-14-7-11(8-15(9-14)28-2)18(25)22-21-16-10-17(24)23(19(16)26)13-5-3-12(20)4-6-13/h3-9,16,21H,10H2,1-2H3,(H,22,25). The van der Waals surface area contributed by atoms with Gasteiger partial charge in [0.25, 0.3) is 11.8 Å². The Morgan fingerprint density at radius 3 is 2.25 bits per heavy atom. The SMILES string of the molecule is COc1cc(OC)cc(C(=O)NNC2CC(=O)N(c3ccc(Cl)cc3)C2=O)c1. The van der Waals surface area contributed by atoms with Crippen LogP contribution in [0.15, 0.2) is 42.5 Å². The van der Waals surface area contributed by atoms with Crippen molar-refractivity contribution < 1.29 is 23.9 Å². The van der Waals surface area contributed by atoms with E-state index in [1.165, 1.54) is 26.4 Å². The fraction of sp³-hybridized carbons (Fsp3) is 0.211. The number of nitrogens with zero attached hydrogens (tertiary/aromatic N) is 1. The molecule has 1 heterocycles. The highest BCUT2D eigenvalue weighted by Crippen LogP contribution is 2.25. The highest BCUT2D eigenvalue weighted by atomic mass is 35.5. The van der Waals surface area contributed by atoms with Gasteiger partial charge in [0.05, 0.1) is 26.3 Å². The van der Waals surface area contributed by atoms with Crippen LogP contribution in [0.25, 0.3) is 0 Å². The Labute approximate surface area is 166 Å². The summed E-state index contributed by atoms with van der Waals surface area (Å²) >= 11 is 5.84. The minimum Gasteiger partial charge on any atom is -0.497 e. The average Bonchev–Trinajstić information content (AvgIpc) is 2.99. The van der Waals surface area contributed by atoms with E-state index in [9.17, 15) is 14.4 Å². The van der Waals surface area contributed by atoms with E-state index < -0.39 is 17.9 Å². The highest BCUT2D eigenvalue weighted by molar-refractivity contribution is 6.30. The van der Waals surface area contributed by atoms with Crippen LogP contribution in [0, 0.1) is 0 Å². The second kappa shape index (κ2) is 8.28. The number of anilines is 1. The zero-order valence-electron chi connectivity index (χ0n) is 15.2. The van der Waals surface area contributed by atoms with E-state index in [0.29, 0.717) is 22.2 Å². The number of hydrogen-bond donors (Lipinski definition) is 2. The van der Waals surface area contributed by atoms with E-state index >= 15 is 0 Å². The van der Waals surface area contributed by atoms with Crippen molar-refractivity contribution in [2.24, 2.45) is 0 Å². The van der Waals surface area contributed by atoms with E-state index in [-0.39, 0.29) is 17.9 Å². The van der Waals surface area contributed by atoms with Crippen LogP contribution < -0.4 is 25.2 Å². The summed E-state index contributed by atoms with van der Waals surface area (Å²) in [5, 5.41) is 0.499. The van der Waals surface area contributed by atoms with Gasteiger partial charge in [0.15, 0.2) is 0 Å². The lowest BCUT2D eigenvalue weighted by atomic mass is 10.2. The third-order valence-corrected chi connectivity index (χ3v) is 4.46. The van der Waals surface area contributed by atoms with E-state index in [0.717, 1.165) is 4.90 Å². The first kappa shape index (κ1) is 19.7. The van der Waals surface area contributed by atoms with Gasteiger partial charge in [-0.05, 0) is 36.4 Å². The summed E-state index contributed by atoms with van der Waals surface area (Å²) in [7, 11) is 2.95. The van der Waals surface area contributed by atoms with Gasteiger partial charge >= 0.3 is 0 Å². The maximum absolute atomic E-state index is 12.6. The first-order valence-electron chi connectivity index (χ1n) is 8.34. The molecular weight excluding hydrogens is 386 g/mol. The van der Waals surface area contributed by atoms with Crippen molar-refractivity contribution in [3.05, 3.63) is 53.1 Å². The lowest BCUT2D eigenvalue weighted by Crippen LogP contribution is -2.48. The molecule has 146 valence electrons. The summed E-state index contributed by atoms with van der Waals surface area (Å²) < 4.78 is 10.3. The lowest BCUT2D eigenvalue weighted by molar-refractivity contribution is -0.121. The minimum absolute atomic E-state index is 0.0802. The van der Waals surface area contributed by atoms with Gasteiger partial charge in [0, 0.05) is 16.7 Å². The third-order valence-electron chi connectivity index (χ3n) is 4.21. The molecule has 0 aliphatic carbocycles. The Hall–Kier alpha value is -3.10. The molecule has 1 saturated heterocycles. The molecule has 3 amide bonds. The van der Waals surface area contributed by atoms with E-state index in [2.05, 4.69) is 10.9 Å². The highest BCUT2D eigenvalue weighted by Gasteiger charge is 2.39. The summed E-state index contributed by atoms with van der Waals surface area (Å²) in [6, 6.07) is 10.2. The number of amides is 3. The van der Waals surface area contributed by atoms with Crippen LogP contribution in [0.4, 0.5) is 5.69 Å². The summed E-state index contributed by atoms with van der Waals surface area (Å²) in [6.07, 6.45) is -0.0802. The van der Waals surface area contributed by atoms with Crippen LogP contribution in [0.1, 0.15) is 16.8 Å². The van der Waals surface area contributed by atoms with Crippen molar-refractivity contribution in [3.8, 4) is 11.5 Å². The fourth-order valence-corrected chi connectivity index (χ4v) is 2.90. The molecule has 0 saturated carbocycles. The van der Waals surface area contributed by atoms with Gasteiger partial charge in [-0.2, -0.15) is 0 Å². The normalized spacial score (nSPS) is 16.2. The number of benzene rings is 2. The maximum atomic E-state index is 12.6. The molecule has 1 aliphatic heterocycles.